The molecule has 0 aliphatic rings. The summed E-state index contributed by atoms with van der Waals surface area (Å²) in [5.74, 6) is 0.850. The first-order chi connectivity index (χ1) is 10.8. The highest BCUT2D eigenvalue weighted by atomic mass is 15.1. The van der Waals surface area contributed by atoms with Gasteiger partial charge in [0, 0.05) is 13.1 Å². The Hall–Kier alpha value is -2.04. The van der Waals surface area contributed by atoms with Gasteiger partial charge in [0.05, 0.1) is 5.82 Å². The molecular weight excluding hydrogens is 272 g/mol. The lowest BCUT2D eigenvalue weighted by atomic mass is 10.2. The third kappa shape index (κ3) is 11.8. The first-order valence-corrected chi connectivity index (χ1v) is 7.40. The first kappa shape index (κ1) is 22.2. The molecule has 0 aromatic heterocycles. The van der Waals surface area contributed by atoms with Crippen molar-refractivity contribution in [1.29, 1.82) is 0 Å². The summed E-state index contributed by atoms with van der Waals surface area (Å²) < 4.78 is 0. The SMILES string of the molecule is C=C(NCC(/C=C\C)=C/C)NCc1ccccc1.CN.CN. The molecule has 4 nitrogen and oxygen atoms in total. The molecule has 0 amide bonds. The van der Waals surface area contributed by atoms with Gasteiger partial charge in [-0.3, -0.25) is 0 Å². The first-order valence-electron chi connectivity index (χ1n) is 7.40. The number of allylic oxidation sites excluding steroid dienone is 2. The molecule has 0 heterocycles. The van der Waals surface area contributed by atoms with Crippen molar-refractivity contribution in [2.24, 2.45) is 11.5 Å². The van der Waals surface area contributed by atoms with Gasteiger partial charge in [0.2, 0.25) is 0 Å². The van der Waals surface area contributed by atoms with Crippen LogP contribution in [0, 0.1) is 0 Å². The number of nitrogens with two attached hydrogens (primary N) is 2. The maximum atomic E-state index is 4.50. The maximum Gasteiger partial charge on any atom is 0.0917 e. The van der Waals surface area contributed by atoms with Gasteiger partial charge in [0.15, 0.2) is 0 Å². The minimum Gasteiger partial charge on any atom is -0.368 e. The van der Waals surface area contributed by atoms with E-state index in [-0.39, 0.29) is 0 Å². The fraction of sp³-hybridized carbons (Fsp3) is 0.333. The van der Waals surface area contributed by atoms with E-state index in [0.717, 1.165) is 18.9 Å². The van der Waals surface area contributed by atoms with Crippen LogP contribution >= 0.6 is 0 Å². The van der Waals surface area contributed by atoms with Crippen LogP contribution in [0.15, 0.2) is 66.5 Å². The zero-order valence-corrected chi connectivity index (χ0v) is 14.4. The highest BCUT2D eigenvalue weighted by molar-refractivity contribution is 5.20. The van der Waals surface area contributed by atoms with Crippen LogP contribution in [0.2, 0.25) is 0 Å². The van der Waals surface area contributed by atoms with Crippen LogP contribution in [0.25, 0.3) is 0 Å². The Morgan fingerprint density at radius 2 is 1.64 bits per heavy atom. The van der Waals surface area contributed by atoms with Crippen molar-refractivity contribution < 1.29 is 0 Å². The van der Waals surface area contributed by atoms with Gasteiger partial charge in [-0.1, -0.05) is 55.1 Å². The molecule has 0 saturated carbocycles. The molecule has 1 aromatic carbocycles. The Balaban J connectivity index is 0. The quantitative estimate of drug-likeness (QED) is 0.584. The minimum absolute atomic E-state index is 0.793. The fourth-order valence-electron chi connectivity index (χ4n) is 1.55. The zero-order valence-electron chi connectivity index (χ0n) is 14.4. The third-order valence-electron chi connectivity index (χ3n) is 2.61. The Labute approximate surface area is 136 Å². The molecule has 1 aromatic rings. The van der Waals surface area contributed by atoms with Crippen LogP contribution in [-0.2, 0) is 6.54 Å². The summed E-state index contributed by atoms with van der Waals surface area (Å²) in [6, 6.07) is 10.3. The van der Waals surface area contributed by atoms with Crippen LogP contribution in [0.3, 0.4) is 0 Å². The van der Waals surface area contributed by atoms with Crippen LogP contribution < -0.4 is 22.1 Å². The highest BCUT2D eigenvalue weighted by Gasteiger charge is 1.95. The standard InChI is InChI=1S/C16H22N2.2CH5N/c1-4-9-15(5-2)12-17-14(3)18-13-16-10-7-6-8-11-16;2*1-2/h4-11,17-18H,3,12-13H2,1-2H3;2*2H2,1H3/b9-4-,15-5+;;. The van der Waals surface area contributed by atoms with E-state index >= 15 is 0 Å². The monoisotopic (exact) mass is 304 g/mol. The van der Waals surface area contributed by atoms with Crippen LogP contribution in [-0.4, -0.2) is 20.6 Å². The van der Waals surface area contributed by atoms with Gasteiger partial charge in [-0.25, -0.2) is 0 Å². The van der Waals surface area contributed by atoms with E-state index in [4.69, 9.17) is 0 Å². The molecule has 0 aliphatic carbocycles. The Bertz CT molecular complexity index is 422. The summed E-state index contributed by atoms with van der Waals surface area (Å²) in [5.41, 5.74) is 11.5. The average molecular weight is 304 g/mol. The molecule has 0 unspecified atom stereocenters. The average Bonchev–Trinajstić information content (AvgIpc) is 2.61. The number of nitrogens with one attached hydrogen (secondary N) is 2. The van der Waals surface area contributed by atoms with Gasteiger partial charge in [0.25, 0.3) is 0 Å². The molecule has 0 aliphatic heterocycles. The topological polar surface area (TPSA) is 76.1 Å². The van der Waals surface area contributed by atoms with E-state index in [2.05, 4.69) is 53.0 Å². The molecule has 0 spiro atoms. The lowest BCUT2D eigenvalue weighted by Crippen LogP contribution is -2.26. The van der Waals surface area contributed by atoms with Crippen molar-refractivity contribution in [2.75, 3.05) is 20.6 Å². The molecule has 0 bridgehead atoms. The summed E-state index contributed by atoms with van der Waals surface area (Å²) in [6.07, 6.45) is 6.23. The van der Waals surface area contributed by atoms with Gasteiger partial charge < -0.3 is 22.1 Å². The Morgan fingerprint density at radius 1 is 1.05 bits per heavy atom. The molecule has 6 N–H and O–H groups in total. The molecule has 0 saturated heterocycles. The van der Waals surface area contributed by atoms with E-state index in [0.29, 0.717) is 0 Å². The van der Waals surface area contributed by atoms with E-state index < -0.39 is 0 Å². The number of hydrogen-bond donors (Lipinski definition) is 4. The molecule has 0 radical (unpaired) electrons. The maximum absolute atomic E-state index is 4.50. The molecule has 0 atom stereocenters. The van der Waals surface area contributed by atoms with Crippen molar-refractivity contribution in [3.8, 4) is 0 Å². The summed E-state index contributed by atoms with van der Waals surface area (Å²) >= 11 is 0. The second-order valence-electron chi connectivity index (χ2n) is 4.03. The molecule has 22 heavy (non-hydrogen) atoms. The van der Waals surface area contributed by atoms with Gasteiger partial charge in [-0.05, 0) is 39.1 Å². The number of rotatable bonds is 7. The molecule has 124 valence electrons. The van der Waals surface area contributed by atoms with E-state index in [1.807, 2.05) is 38.1 Å². The van der Waals surface area contributed by atoms with Gasteiger partial charge in [-0.15, -0.1) is 0 Å². The molecule has 1 rings (SSSR count). The molecule has 0 fully saturated rings. The van der Waals surface area contributed by atoms with E-state index in [9.17, 15) is 0 Å². The van der Waals surface area contributed by atoms with Crippen LogP contribution in [0.4, 0.5) is 0 Å². The van der Waals surface area contributed by atoms with Crippen molar-refractivity contribution in [3.05, 3.63) is 72.1 Å². The van der Waals surface area contributed by atoms with Crippen molar-refractivity contribution in [3.63, 3.8) is 0 Å². The predicted molar refractivity (Wildman–Crippen MR) is 99.2 cm³/mol. The van der Waals surface area contributed by atoms with Crippen LogP contribution in [0.1, 0.15) is 19.4 Å². The van der Waals surface area contributed by atoms with E-state index in [1.165, 1.54) is 25.2 Å². The van der Waals surface area contributed by atoms with Gasteiger partial charge >= 0.3 is 0 Å². The largest absolute Gasteiger partial charge is 0.368 e. The number of hydrogen-bond acceptors (Lipinski definition) is 4. The van der Waals surface area contributed by atoms with Crippen LogP contribution in [0.5, 0.6) is 0 Å². The third-order valence-corrected chi connectivity index (χ3v) is 2.61. The summed E-state index contributed by atoms with van der Waals surface area (Å²) in [7, 11) is 3.00. The second kappa shape index (κ2) is 17.0. The Kier molecular flexibility index (Phi) is 17.2. The second-order valence-corrected chi connectivity index (χ2v) is 4.03. The van der Waals surface area contributed by atoms with Gasteiger partial charge in [-0.2, -0.15) is 0 Å². The lowest BCUT2D eigenvalue weighted by Gasteiger charge is -2.12. The number of benzene rings is 1. The van der Waals surface area contributed by atoms with Crippen molar-refractivity contribution >= 4 is 0 Å². The fourth-order valence-corrected chi connectivity index (χ4v) is 1.55. The summed E-state index contributed by atoms with van der Waals surface area (Å²) in [4.78, 5) is 0. The van der Waals surface area contributed by atoms with Crippen molar-refractivity contribution in [2.45, 2.75) is 20.4 Å². The summed E-state index contributed by atoms with van der Waals surface area (Å²) in [6.45, 7) is 9.61. The molecular formula is C18H32N4. The minimum atomic E-state index is 0.793. The van der Waals surface area contributed by atoms with Gasteiger partial charge in [0.1, 0.15) is 0 Å². The highest BCUT2D eigenvalue weighted by Crippen LogP contribution is 1.99. The molecule has 4 heteroatoms. The van der Waals surface area contributed by atoms with Crippen molar-refractivity contribution in [1.82, 2.24) is 10.6 Å². The van der Waals surface area contributed by atoms with E-state index in [1.54, 1.807) is 0 Å². The lowest BCUT2D eigenvalue weighted by molar-refractivity contribution is 0.713. The predicted octanol–water partition coefficient (Wildman–Crippen LogP) is 2.51. The Morgan fingerprint density at radius 3 is 2.14 bits per heavy atom. The summed E-state index contributed by atoms with van der Waals surface area (Å²) in [5, 5.41) is 6.53. The smallest absolute Gasteiger partial charge is 0.0917 e. The normalized spacial score (nSPS) is 10.0. The zero-order chi connectivity index (χ0) is 17.2.